The van der Waals surface area contributed by atoms with Crippen LogP contribution in [0.4, 0.5) is 5.69 Å². The fraction of sp³-hybridized carbons (Fsp3) is 0.250. The first kappa shape index (κ1) is 10.9. The molecule has 0 unspecified atom stereocenters. The van der Waals surface area contributed by atoms with Gasteiger partial charge in [-0.1, -0.05) is 0 Å². The fourth-order valence-electron chi connectivity index (χ4n) is 1.07. The summed E-state index contributed by atoms with van der Waals surface area (Å²) in [5, 5.41) is 20.0. The Labute approximate surface area is 88.8 Å². The molecular formula is C8H9BrN2O3. The molecule has 0 radical (unpaired) electrons. The minimum Gasteiger partial charge on any atom is -0.508 e. The van der Waals surface area contributed by atoms with Crippen molar-refractivity contribution in [1.82, 2.24) is 0 Å². The van der Waals surface area contributed by atoms with E-state index in [1.807, 2.05) is 0 Å². The summed E-state index contributed by atoms with van der Waals surface area (Å²) in [5.41, 5.74) is 5.80. The Morgan fingerprint density at radius 1 is 1.64 bits per heavy atom. The van der Waals surface area contributed by atoms with Crippen LogP contribution in [0.2, 0.25) is 0 Å². The molecule has 0 aliphatic rings. The van der Waals surface area contributed by atoms with Crippen molar-refractivity contribution >= 4 is 21.6 Å². The zero-order valence-corrected chi connectivity index (χ0v) is 8.98. The first-order chi connectivity index (χ1) is 6.43. The van der Waals surface area contributed by atoms with E-state index in [0.29, 0.717) is 5.56 Å². The average molecular weight is 261 g/mol. The highest BCUT2D eigenvalue weighted by atomic mass is 79.9. The molecule has 1 rings (SSSR count). The Bertz CT molecular complexity index is 379. The van der Waals surface area contributed by atoms with Gasteiger partial charge < -0.3 is 10.8 Å². The third kappa shape index (κ3) is 2.02. The fourth-order valence-corrected chi connectivity index (χ4v) is 1.55. The number of nitrogens with zero attached hydrogens (tertiary/aromatic N) is 1. The molecule has 1 aromatic rings. The molecule has 0 aliphatic carbocycles. The van der Waals surface area contributed by atoms with E-state index in [4.69, 9.17) is 5.73 Å². The van der Waals surface area contributed by atoms with Crippen molar-refractivity contribution in [3.05, 3.63) is 32.3 Å². The number of rotatable bonds is 2. The molecular weight excluding hydrogens is 252 g/mol. The third-order valence-corrected chi connectivity index (χ3v) is 2.42. The molecule has 76 valence electrons. The number of hydrogen-bond acceptors (Lipinski definition) is 4. The van der Waals surface area contributed by atoms with E-state index in [2.05, 4.69) is 15.9 Å². The Balaban J connectivity index is 3.34. The Morgan fingerprint density at radius 2 is 2.21 bits per heavy atom. The van der Waals surface area contributed by atoms with Crippen molar-refractivity contribution in [3.8, 4) is 5.75 Å². The molecule has 0 heterocycles. The molecule has 0 bridgehead atoms. The molecule has 1 atom stereocenters. The van der Waals surface area contributed by atoms with Crippen molar-refractivity contribution in [2.45, 2.75) is 13.0 Å². The largest absolute Gasteiger partial charge is 0.508 e. The second-order valence-electron chi connectivity index (χ2n) is 2.91. The molecule has 0 saturated heterocycles. The predicted molar refractivity (Wildman–Crippen MR) is 55.1 cm³/mol. The van der Waals surface area contributed by atoms with Gasteiger partial charge in [-0.25, -0.2) is 0 Å². The predicted octanol–water partition coefficient (Wildman–Crippen LogP) is 2.08. The molecule has 0 saturated carbocycles. The monoisotopic (exact) mass is 260 g/mol. The second-order valence-corrected chi connectivity index (χ2v) is 3.76. The van der Waals surface area contributed by atoms with E-state index >= 15 is 0 Å². The highest BCUT2D eigenvalue weighted by Crippen LogP contribution is 2.34. The number of halogens is 1. The van der Waals surface area contributed by atoms with E-state index < -0.39 is 11.0 Å². The van der Waals surface area contributed by atoms with Gasteiger partial charge in [0.15, 0.2) is 0 Å². The standard InChI is InChI=1S/C8H9BrN2O3/c1-4(10)5-2-7(11(13)14)6(9)3-8(5)12/h2-4,12H,10H2,1H3/t4-/m0/s1. The van der Waals surface area contributed by atoms with Gasteiger partial charge in [0.2, 0.25) is 0 Å². The van der Waals surface area contributed by atoms with Crippen molar-refractivity contribution in [2.75, 3.05) is 0 Å². The average Bonchev–Trinajstić information content (AvgIpc) is 2.02. The van der Waals surface area contributed by atoms with E-state index in [-0.39, 0.29) is 15.9 Å². The van der Waals surface area contributed by atoms with Crippen LogP contribution in [0, 0.1) is 10.1 Å². The van der Waals surface area contributed by atoms with Gasteiger partial charge >= 0.3 is 0 Å². The maximum atomic E-state index is 10.6. The minimum atomic E-state index is -0.532. The van der Waals surface area contributed by atoms with Crippen LogP contribution >= 0.6 is 15.9 Å². The number of phenolic OH excluding ortho intramolecular Hbond substituents is 1. The van der Waals surface area contributed by atoms with Crippen molar-refractivity contribution < 1.29 is 10.0 Å². The van der Waals surface area contributed by atoms with Crippen LogP contribution in [0.25, 0.3) is 0 Å². The molecule has 0 amide bonds. The van der Waals surface area contributed by atoms with Crippen molar-refractivity contribution in [3.63, 3.8) is 0 Å². The van der Waals surface area contributed by atoms with Gasteiger partial charge in [-0.2, -0.15) is 0 Å². The summed E-state index contributed by atoms with van der Waals surface area (Å²) in [6.07, 6.45) is 0. The van der Waals surface area contributed by atoms with Gasteiger partial charge in [0.25, 0.3) is 5.69 Å². The van der Waals surface area contributed by atoms with Crippen LogP contribution in [0.3, 0.4) is 0 Å². The molecule has 6 heteroatoms. The molecule has 0 aliphatic heterocycles. The first-order valence-electron chi connectivity index (χ1n) is 3.86. The molecule has 5 nitrogen and oxygen atoms in total. The molecule has 0 fully saturated rings. The van der Waals surface area contributed by atoms with E-state index in [0.717, 1.165) is 0 Å². The summed E-state index contributed by atoms with van der Waals surface area (Å²) in [6.45, 7) is 1.65. The lowest BCUT2D eigenvalue weighted by Crippen LogP contribution is -2.06. The van der Waals surface area contributed by atoms with Gasteiger partial charge in [0.05, 0.1) is 9.40 Å². The zero-order chi connectivity index (χ0) is 10.9. The highest BCUT2D eigenvalue weighted by molar-refractivity contribution is 9.10. The van der Waals surface area contributed by atoms with Gasteiger partial charge in [0.1, 0.15) is 5.75 Å². The lowest BCUT2D eigenvalue weighted by Gasteiger charge is -2.08. The van der Waals surface area contributed by atoms with Crippen molar-refractivity contribution in [1.29, 1.82) is 0 Å². The molecule has 0 aromatic heterocycles. The summed E-state index contributed by atoms with van der Waals surface area (Å²) >= 11 is 2.99. The van der Waals surface area contributed by atoms with E-state index in [1.54, 1.807) is 6.92 Å². The number of nitro benzene ring substituents is 1. The lowest BCUT2D eigenvalue weighted by atomic mass is 10.1. The van der Waals surface area contributed by atoms with Crippen LogP contribution < -0.4 is 5.73 Å². The summed E-state index contributed by atoms with van der Waals surface area (Å²) < 4.78 is 0.240. The second kappa shape index (κ2) is 3.93. The number of phenols is 1. The van der Waals surface area contributed by atoms with Crippen LogP contribution in [0.1, 0.15) is 18.5 Å². The first-order valence-corrected chi connectivity index (χ1v) is 4.65. The van der Waals surface area contributed by atoms with Gasteiger partial charge in [-0.15, -0.1) is 0 Å². The van der Waals surface area contributed by atoms with Gasteiger partial charge in [0, 0.05) is 23.7 Å². The SMILES string of the molecule is C[C@H](N)c1cc([N+](=O)[O-])c(Br)cc1O. The normalized spacial score (nSPS) is 12.5. The zero-order valence-electron chi connectivity index (χ0n) is 7.40. The highest BCUT2D eigenvalue weighted by Gasteiger charge is 2.17. The molecule has 3 N–H and O–H groups in total. The van der Waals surface area contributed by atoms with E-state index in [1.165, 1.54) is 12.1 Å². The Morgan fingerprint density at radius 3 is 2.64 bits per heavy atom. The van der Waals surface area contributed by atoms with Crippen LogP contribution in [0.5, 0.6) is 5.75 Å². The maximum absolute atomic E-state index is 10.6. The lowest BCUT2D eigenvalue weighted by molar-refractivity contribution is -0.385. The Kier molecular flexibility index (Phi) is 3.07. The molecule has 14 heavy (non-hydrogen) atoms. The minimum absolute atomic E-state index is 0.0440. The van der Waals surface area contributed by atoms with Crippen LogP contribution in [0.15, 0.2) is 16.6 Å². The number of benzene rings is 1. The third-order valence-electron chi connectivity index (χ3n) is 1.78. The number of nitrogens with two attached hydrogens (primary N) is 1. The number of aromatic hydroxyl groups is 1. The molecule has 0 spiro atoms. The quantitative estimate of drug-likeness (QED) is 0.630. The number of nitro groups is 1. The maximum Gasteiger partial charge on any atom is 0.284 e. The number of hydrogen-bond donors (Lipinski definition) is 2. The molecule has 1 aromatic carbocycles. The van der Waals surface area contributed by atoms with Gasteiger partial charge in [-0.05, 0) is 22.9 Å². The van der Waals surface area contributed by atoms with Gasteiger partial charge in [-0.3, -0.25) is 10.1 Å². The summed E-state index contributed by atoms with van der Waals surface area (Å²) in [4.78, 5) is 10.0. The van der Waals surface area contributed by atoms with Crippen LogP contribution in [-0.4, -0.2) is 10.0 Å². The Hall–Kier alpha value is -1.14. The smallest absolute Gasteiger partial charge is 0.284 e. The topological polar surface area (TPSA) is 89.4 Å². The summed E-state index contributed by atoms with van der Waals surface area (Å²) in [6, 6.07) is 2.10. The van der Waals surface area contributed by atoms with Crippen molar-refractivity contribution in [2.24, 2.45) is 5.73 Å². The summed E-state index contributed by atoms with van der Waals surface area (Å²) in [5.74, 6) is -0.0440. The van der Waals surface area contributed by atoms with Crippen LogP contribution in [-0.2, 0) is 0 Å². The van der Waals surface area contributed by atoms with E-state index in [9.17, 15) is 15.2 Å². The summed E-state index contributed by atoms with van der Waals surface area (Å²) in [7, 11) is 0.